The molecule has 15 heavy (non-hydrogen) atoms. The van der Waals surface area contributed by atoms with Crippen molar-refractivity contribution in [3.8, 4) is 11.1 Å². The van der Waals surface area contributed by atoms with Crippen LogP contribution in [0.1, 0.15) is 5.56 Å². The Morgan fingerprint density at radius 1 is 1.20 bits per heavy atom. The molecule has 3 heterocycles. The van der Waals surface area contributed by atoms with Crippen molar-refractivity contribution < 1.29 is 0 Å². The summed E-state index contributed by atoms with van der Waals surface area (Å²) in [5.74, 6) is 1.02. The van der Waals surface area contributed by atoms with Crippen molar-refractivity contribution in [1.82, 2.24) is 9.97 Å². The van der Waals surface area contributed by atoms with Crippen LogP contribution in [-0.4, -0.2) is 16.5 Å². The third-order valence-electron chi connectivity index (χ3n) is 2.70. The molecule has 0 unspecified atom stereocenters. The zero-order valence-electron chi connectivity index (χ0n) is 8.27. The van der Waals surface area contributed by atoms with Crippen LogP contribution < -0.4 is 5.32 Å². The van der Waals surface area contributed by atoms with Crippen molar-refractivity contribution in [2.45, 2.75) is 6.42 Å². The lowest BCUT2D eigenvalue weighted by molar-refractivity contribution is 1.11. The fraction of sp³-hybridized carbons (Fsp3) is 0.167. The monoisotopic (exact) mass is 197 g/mol. The van der Waals surface area contributed by atoms with E-state index >= 15 is 0 Å². The number of fused-ring (bicyclic) bond motifs is 1. The molecule has 1 aliphatic rings. The van der Waals surface area contributed by atoms with E-state index in [9.17, 15) is 0 Å². The van der Waals surface area contributed by atoms with Crippen LogP contribution in [-0.2, 0) is 6.42 Å². The number of nitrogens with one attached hydrogen (secondary N) is 1. The van der Waals surface area contributed by atoms with Crippen molar-refractivity contribution in [3.63, 3.8) is 0 Å². The smallest absolute Gasteiger partial charge is 0.129 e. The number of pyridine rings is 2. The van der Waals surface area contributed by atoms with Gasteiger partial charge in [-0.05, 0) is 24.1 Å². The quantitative estimate of drug-likeness (QED) is 0.760. The van der Waals surface area contributed by atoms with Gasteiger partial charge in [-0.15, -0.1) is 0 Å². The topological polar surface area (TPSA) is 37.8 Å². The molecule has 1 N–H and O–H groups in total. The van der Waals surface area contributed by atoms with Crippen LogP contribution in [0.25, 0.3) is 11.1 Å². The van der Waals surface area contributed by atoms with E-state index in [0.717, 1.165) is 18.8 Å². The summed E-state index contributed by atoms with van der Waals surface area (Å²) in [5, 5.41) is 3.28. The highest BCUT2D eigenvalue weighted by atomic mass is 15.0. The number of nitrogens with zero attached hydrogens (tertiary/aromatic N) is 2. The molecular formula is C12H11N3. The first-order chi connectivity index (χ1) is 7.45. The maximum atomic E-state index is 4.31. The first-order valence-corrected chi connectivity index (χ1v) is 5.07. The molecule has 0 saturated heterocycles. The highest BCUT2D eigenvalue weighted by molar-refractivity contribution is 5.72. The Kier molecular flexibility index (Phi) is 1.88. The Hall–Kier alpha value is -1.90. The van der Waals surface area contributed by atoms with Gasteiger partial charge in [0.25, 0.3) is 0 Å². The van der Waals surface area contributed by atoms with Crippen LogP contribution in [0, 0.1) is 0 Å². The molecule has 0 aromatic carbocycles. The van der Waals surface area contributed by atoms with Crippen LogP contribution in [0.5, 0.6) is 0 Å². The molecule has 0 amide bonds. The van der Waals surface area contributed by atoms with Gasteiger partial charge < -0.3 is 5.32 Å². The summed E-state index contributed by atoms with van der Waals surface area (Å²) in [6, 6.07) is 6.11. The maximum Gasteiger partial charge on any atom is 0.129 e. The Balaban J connectivity index is 2.17. The number of aromatic nitrogens is 2. The average Bonchev–Trinajstić information content (AvgIpc) is 2.78. The summed E-state index contributed by atoms with van der Waals surface area (Å²) in [6.07, 6.45) is 6.59. The van der Waals surface area contributed by atoms with Crippen LogP contribution in [0.2, 0.25) is 0 Å². The molecule has 1 aliphatic heterocycles. The van der Waals surface area contributed by atoms with Crippen molar-refractivity contribution in [2.75, 3.05) is 11.9 Å². The SMILES string of the molecule is c1cncc(-c2ccnc3c2CCN3)c1. The van der Waals surface area contributed by atoms with Gasteiger partial charge in [0.1, 0.15) is 5.82 Å². The van der Waals surface area contributed by atoms with E-state index < -0.39 is 0 Å². The highest BCUT2D eigenvalue weighted by Crippen LogP contribution is 2.30. The van der Waals surface area contributed by atoms with E-state index in [4.69, 9.17) is 0 Å². The zero-order valence-corrected chi connectivity index (χ0v) is 8.27. The summed E-state index contributed by atoms with van der Waals surface area (Å²) >= 11 is 0. The van der Waals surface area contributed by atoms with Crippen molar-refractivity contribution in [2.24, 2.45) is 0 Å². The summed E-state index contributed by atoms with van der Waals surface area (Å²) in [5.41, 5.74) is 3.73. The lowest BCUT2D eigenvalue weighted by atomic mass is 10.0. The van der Waals surface area contributed by atoms with E-state index in [1.165, 1.54) is 16.7 Å². The Morgan fingerprint density at radius 3 is 3.07 bits per heavy atom. The predicted octanol–water partition coefficient (Wildman–Crippen LogP) is 2.11. The first kappa shape index (κ1) is 8.41. The average molecular weight is 197 g/mol. The molecule has 0 radical (unpaired) electrons. The fourth-order valence-electron chi connectivity index (χ4n) is 2.00. The van der Waals surface area contributed by atoms with Gasteiger partial charge in [0, 0.05) is 36.3 Å². The van der Waals surface area contributed by atoms with Crippen LogP contribution in [0.15, 0.2) is 36.8 Å². The molecule has 0 bridgehead atoms. The molecule has 2 aromatic heterocycles. The molecule has 0 atom stereocenters. The van der Waals surface area contributed by atoms with Gasteiger partial charge >= 0.3 is 0 Å². The first-order valence-electron chi connectivity index (χ1n) is 5.07. The van der Waals surface area contributed by atoms with Crippen LogP contribution >= 0.6 is 0 Å². The van der Waals surface area contributed by atoms with E-state index in [1.807, 2.05) is 18.5 Å². The summed E-state index contributed by atoms with van der Waals surface area (Å²) < 4.78 is 0. The van der Waals surface area contributed by atoms with Crippen LogP contribution in [0.3, 0.4) is 0 Å². The minimum absolute atomic E-state index is 0.986. The number of hydrogen-bond donors (Lipinski definition) is 1. The Labute approximate surface area is 88.2 Å². The maximum absolute atomic E-state index is 4.31. The van der Waals surface area contributed by atoms with Gasteiger partial charge in [0.15, 0.2) is 0 Å². The second-order valence-corrected chi connectivity index (χ2v) is 3.60. The standard InChI is InChI=1S/C12H11N3/c1-2-9(8-13-5-1)10-3-6-14-12-11(10)4-7-15-12/h1-3,5-6,8H,4,7H2,(H,14,15). The van der Waals surface area contributed by atoms with Crippen molar-refractivity contribution in [3.05, 3.63) is 42.4 Å². The normalized spacial score (nSPS) is 13.3. The summed E-state index contributed by atoms with van der Waals surface area (Å²) in [7, 11) is 0. The largest absolute Gasteiger partial charge is 0.369 e. The third kappa shape index (κ3) is 1.36. The van der Waals surface area contributed by atoms with E-state index in [-0.39, 0.29) is 0 Å². The van der Waals surface area contributed by atoms with Crippen molar-refractivity contribution in [1.29, 1.82) is 0 Å². The van der Waals surface area contributed by atoms with E-state index in [1.54, 1.807) is 6.20 Å². The highest BCUT2D eigenvalue weighted by Gasteiger charge is 2.15. The lowest BCUT2D eigenvalue weighted by Gasteiger charge is -2.06. The lowest BCUT2D eigenvalue weighted by Crippen LogP contribution is -1.92. The molecule has 2 aromatic rings. The number of rotatable bonds is 1. The van der Waals surface area contributed by atoms with Gasteiger partial charge in [-0.25, -0.2) is 4.98 Å². The minimum Gasteiger partial charge on any atom is -0.369 e. The van der Waals surface area contributed by atoms with Gasteiger partial charge in [0.05, 0.1) is 0 Å². The van der Waals surface area contributed by atoms with E-state index in [0.29, 0.717) is 0 Å². The fourth-order valence-corrected chi connectivity index (χ4v) is 2.00. The van der Waals surface area contributed by atoms with Gasteiger partial charge in [0.2, 0.25) is 0 Å². The Morgan fingerprint density at radius 2 is 2.20 bits per heavy atom. The summed E-state index contributed by atoms with van der Waals surface area (Å²) in [6.45, 7) is 0.986. The molecule has 0 saturated carbocycles. The van der Waals surface area contributed by atoms with Crippen molar-refractivity contribution >= 4 is 5.82 Å². The third-order valence-corrected chi connectivity index (χ3v) is 2.70. The Bertz CT molecular complexity index is 479. The number of anilines is 1. The second-order valence-electron chi connectivity index (χ2n) is 3.60. The van der Waals surface area contributed by atoms with Gasteiger partial charge in [-0.2, -0.15) is 0 Å². The zero-order chi connectivity index (χ0) is 10.1. The molecular weight excluding hydrogens is 186 g/mol. The predicted molar refractivity (Wildman–Crippen MR) is 59.7 cm³/mol. The molecule has 74 valence electrons. The molecule has 0 aliphatic carbocycles. The number of hydrogen-bond acceptors (Lipinski definition) is 3. The molecule has 0 fully saturated rings. The van der Waals surface area contributed by atoms with Crippen LogP contribution in [0.4, 0.5) is 5.82 Å². The second kappa shape index (κ2) is 3.35. The summed E-state index contributed by atoms with van der Waals surface area (Å²) in [4.78, 5) is 8.46. The van der Waals surface area contributed by atoms with Gasteiger partial charge in [-0.1, -0.05) is 6.07 Å². The molecule has 3 nitrogen and oxygen atoms in total. The minimum atomic E-state index is 0.986. The molecule has 3 heteroatoms. The van der Waals surface area contributed by atoms with E-state index in [2.05, 4.69) is 27.4 Å². The van der Waals surface area contributed by atoms with Gasteiger partial charge in [-0.3, -0.25) is 4.98 Å². The molecule has 3 rings (SSSR count). The molecule has 0 spiro atoms.